The molecule has 0 aliphatic rings. The smallest absolute Gasteiger partial charge is 0.316 e. The summed E-state index contributed by atoms with van der Waals surface area (Å²) in [5, 5.41) is -0.245. The van der Waals surface area contributed by atoms with Crippen molar-refractivity contribution in [2.24, 2.45) is 0 Å². The molecule has 0 fully saturated rings. The first-order valence-corrected chi connectivity index (χ1v) is 7.07. The number of nitrogen functional groups attached to an aromatic ring is 1. The summed E-state index contributed by atoms with van der Waals surface area (Å²) in [6.45, 7) is 0.420. The second-order valence-electron chi connectivity index (χ2n) is 4.33. The van der Waals surface area contributed by atoms with E-state index in [1.165, 1.54) is 0 Å². The molecule has 1 aromatic heterocycles. The minimum atomic E-state index is -3.49. The summed E-state index contributed by atoms with van der Waals surface area (Å²) in [4.78, 5) is 5.76. The molecule has 0 atom stereocenters. The predicted molar refractivity (Wildman–Crippen MR) is 69.0 cm³/mol. The number of fused-ring (bicyclic) bond motifs is 1. The van der Waals surface area contributed by atoms with Crippen molar-refractivity contribution >= 4 is 26.6 Å². The van der Waals surface area contributed by atoms with Gasteiger partial charge in [0.1, 0.15) is 5.52 Å². The van der Waals surface area contributed by atoms with E-state index in [9.17, 15) is 8.42 Å². The zero-order valence-electron chi connectivity index (χ0n) is 10.3. The van der Waals surface area contributed by atoms with Gasteiger partial charge in [-0.25, -0.2) is 8.42 Å². The maximum Gasteiger partial charge on any atom is 0.316 e. The minimum Gasteiger partial charge on any atom is -0.428 e. The number of aromatic nitrogens is 1. The molecule has 7 heteroatoms. The van der Waals surface area contributed by atoms with Crippen molar-refractivity contribution in [1.82, 2.24) is 9.88 Å². The second kappa shape index (κ2) is 4.58. The summed E-state index contributed by atoms with van der Waals surface area (Å²) in [5.74, 6) is -0.0255. The molecule has 0 saturated heterocycles. The van der Waals surface area contributed by atoms with Gasteiger partial charge in [0.25, 0.3) is 0 Å². The molecule has 18 heavy (non-hydrogen) atoms. The van der Waals surface area contributed by atoms with E-state index in [0.717, 1.165) is 0 Å². The molecule has 1 aromatic carbocycles. The Balaban J connectivity index is 2.36. The Morgan fingerprint density at radius 2 is 2.11 bits per heavy atom. The highest BCUT2D eigenvalue weighted by atomic mass is 32.2. The summed E-state index contributed by atoms with van der Waals surface area (Å²) in [6.07, 6.45) is 0. The molecule has 0 unspecified atom stereocenters. The van der Waals surface area contributed by atoms with Gasteiger partial charge in [0.05, 0.1) is 5.75 Å². The van der Waals surface area contributed by atoms with Gasteiger partial charge in [-0.3, -0.25) is 0 Å². The SMILES string of the molecule is CN(C)CCS(=O)(=O)c1nc2cc(N)ccc2o1. The fourth-order valence-electron chi connectivity index (χ4n) is 1.45. The number of oxazole rings is 1. The molecule has 0 aliphatic carbocycles. The van der Waals surface area contributed by atoms with Crippen molar-refractivity contribution in [3.63, 3.8) is 0 Å². The number of rotatable bonds is 4. The molecule has 0 radical (unpaired) electrons. The van der Waals surface area contributed by atoms with Gasteiger partial charge in [0, 0.05) is 12.2 Å². The van der Waals surface area contributed by atoms with Crippen LogP contribution in [0.5, 0.6) is 0 Å². The van der Waals surface area contributed by atoms with Gasteiger partial charge in [-0.15, -0.1) is 0 Å². The summed E-state index contributed by atoms with van der Waals surface area (Å²) in [5.41, 5.74) is 7.00. The number of anilines is 1. The van der Waals surface area contributed by atoms with Crippen LogP contribution >= 0.6 is 0 Å². The lowest BCUT2D eigenvalue weighted by atomic mass is 10.3. The lowest BCUT2D eigenvalue weighted by molar-refractivity contribution is 0.422. The highest BCUT2D eigenvalue weighted by Crippen LogP contribution is 2.21. The zero-order chi connectivity index (χ0) is 13.3. The third-order valence-electron chi connectivity index (χ3n) is 2.47. The first kappa shape index (κ1) is 12.8. The van der Waals surface area contributed by atoms with Crippen LogP contribution in [0.15, 0.2) is 27.8 Å². The van der Waals surface area contributed by atoms with Crippen LogP contribution in [0.4, 0.5) is 5.69 Å². The standard InChI is InChI=1S/C11H15N3O3S/c1-14(2)5-6-18(15,16)11-13-9-7-8(12)3-4-10(9)17-11/h3-4,7H,5-6,12H2,1-2H3. The third kappa shape index (κ3) is 2.62. The highest BCUT2D eigenvalue weighted by molar-refractivity contribution is 7.91. The predicted octanol–water partition coefficient (Wildman–Crippen LogP) is 0.745. The monoisotopic (exact) mass is 269 g/mol. The van der Waals surface area contributed by atoms with Crippen LogP contribution in [0.25, 0.3) is 11.1 Å². The molecule has 2 aromatic rings. The van der Waals surface area contributed by atoms with Crippen LogP contribution in [-0.2, 0) is 9.84 Å². The van der Waals surface area contributed by atoms with E-state index in [-0.39, 0.29) is 11.0 Å². The van der Waals surface area contributed by atoms with E-state index in [4.69, 9.17) is 10.2 Å². The number of hydrogen-bond acceptors (Lipinski definition) is 6. The number of nitrogens with zero attached hydrogens (tertiary/aromatic N) is 2. The number of sulfone groups is 1. The van der Waals surface area contributed by atoms with Crippen LogP contribution < -0.4 is 5.73 Å². The minimum absolute atomic E-state index is 0.0255. The van der Waals surface area contributed by atoms with E-state index in [0.29, 0.717) is 23.3 Å². The van der Waals surface area contributed by atoms with Gasteiger partial charge >= 0.3 is 5.22 Å². The molecule has 6 nitrogen and oxygen atoms in total. The van der Waals surface area contributed by atoms with E-state index in [1.54, 1.807) is 23.1 Å². The first-order valence-electron chi connectivity index (χ1n) is 5.42. The Labute approximate surface area is 105 Å². The molecule has 0 amide bonds. The maximum absolute atomic E-state index is 12.0. The van der Waals surface area contributed by atoms with Crippen LogP contribution in [-0.4, -0.2) is 44.7 Å². The van der Waals surface area contributed by atoms with Crippen molar-refractivity contribution in [2.75, 3.05) is 32.1 Å². The average Bonchev–Trinajstić information content (AvgIpc) is 2.70. The quantitative estimate of drug-likeness (QED) is 0.824. The van der Waals surface area contributed by atoms with Crippen LogP contribution in [0.1, 0.15) is 0 Å². The van der Waals surface area contributed by atoms with Crippen molar-refractivity contribution < 1.29 is 12.8 Å². The zero-order valence-corrected chi connectivity index (χ0v) is 11.1. The van der Waals surface area contributed by atoms with E-state index < -0.39 is 9.84 Å². The molecule has 2 N–H and O–H groups in total. The topological polar surface area (TPSA) is 89.4 Å². The Kier molecular flexibility index (Phi) is 3.27. The lowest BCUT2D eigenvalue weighted by Gasteiger charge is -2.07. The van der Waals surface area contributed by atoms with E-state index in [2.05, 4.69) is 4.98 Å². The average molecular weight is 269 g/mol. The van der Waals surface area contributed by atoms with E-state index in [1.807, 2.05) is 14.1 Å². The normalized spacial score (nSPS) is 12.4. The molecule has 0 bridgehead atoms. The summed E-state index contributed by atoms with van der Waals surface area (Å²) < 4.78 is 29.2. The summed E-state index contributed by atoms with van der Waals surface area (Å²) in [7, 11) is 0.125. The van der Waals surface area contributed by atoms with Crippen molar-refractivity contribution in [3.05, 3.63) is 18.2 Å². The Bertz CT molecular complexity index is 661. The molecule has 0 spiro atoms. The molecule has 98 valence electrons. The lowest BCUT2D eigenvalue weighted by Crippen LogP contribution is -2.22. The summed E-state index contributed by atoms with van der Waals surface area (Å²) in [6, 6.07) is 4.84. The van der Waals surface area contributed by atoms with Crippen LogP contribution in [0, 0.1) is 0 Å². The van der Waals surface area contributed by atoms with Crippen molar-refractivity contribution in [2.45, 2.75) is 5.22 Å². The number of benzene rings is 1. The molecular weight excluding hydrogens is 254 g/mol. The Hall–Kier alpha value is -1.60. The Morgan fingerprint density at radius 1 is 1.39 bits per heavy atom. The molecular formula is C11H15N3O3S. The van der Waals surface area contributed by atoms with Gasteiger partial charge in [-0.1, -0.05) is 0 Å². The van der Waals surface area contributed by atoms with Gasteiger partial charge in [0.2, 0.25) is 9.84 Å². The fourth-order valence-corrected chi connectivity index (χ4v) is 2.68. The molecule has 2 rings (SSSR count). The molecule has 1 heterocycles. The Morgan fingerprint density at radius 3 is 2.78 bits per heavy atom. The third-order valence-corrected chi connectivity index (χ3v) is 3.89. The molecule has 0 aliphatic heterocycles. The first-order chi connectivity index (χ1) is 8.38. The number of hydrogen-bond donors (Lipinski definition) is 1. The summed E-state index contributed by atoms with van der Waals surface area (Å²) >= 11 is 0. The fraction of sp³-hybridized carbons (Fsp3) is 0.364. The van der Waals surface area contributed by atoms with Crippen molar-refractivity contribution in [3.8, 4) is 0 Å². The largest absolute Gasteiger partial charge is 0.428 e. The number of nitrogens with two attached hydrogens (primary N) is 1. The van der Waals surface area contributed by atoms with Gasteiger partial charge < -0.3 is 15.1 Å². The molecule has 0 saturated carbocycles. The van der Waals surface area contributed by atoms with Gasteiger partial charge in [-0.2, -0.15) is 4.98 Å². The van der Waals surface area contributed by atoms with E-state index >= 15 is 0 Å². The van der Waals surface area contributed by atoms with Crippen molar-refractivity contribution in [1.29, 1.82) is 0 Å². The van der Waals surface area contributed by atoms with Crippen LogP contribution in [0.2, 0.25) is 0 Å². The van der Waals surface area contributed by atoms with Gasteiger partial charge in [-0.05, 0) is 32.3 Å². The highest BCUT2D eigenvalue weighted by Gasteiger charge is 2.21. The second-order valence-corrected chi connectivity index (χ2v) is 6.32. The van der Waals surface area contributed by atoms with Crippen LogP contribution in [0.3, 0.4) is 0 Å². The maximum atomic E-state index is 12.0. The van der Waals surface area contributed by atoms with Gasteiger partial charge in [0.15, 0.2) is 5.58 Å².